The minimum absolute atomic E-state index is 0.0968. The lowest BCUT2D eigenvalue weighted by atomic mass is 9.86. The Hall–Kier alpha value is -1.14. The summed E-state index contributed by atoms with van der Waals surface area (Å²) >= 11 is 3.53. The smallest absolute Gasteiger partial charge is 0.228 e. The third-order valence-electron chi connectivity index (χ3n) is 4.58. The second kappa shape index (κ2) is 9.37. The molecule has 0 saturated heterocycles. The van der Waals surface area contributed by atoms with E-state index in [4.69, 9.17) is 4.74 Å². The number of rotatable bonds is 7. The van der Waals surface area contributed by atoms with Crippen LogP contribution in [0.3, 0.4) is 0 Å². The summed E-state index contributed by atoms with van der Waals surface area (Å²) in [5, 5.41) is 9.56. The predicted octanol–water partition coefficient (Wildman–Crippen LogP) is 4.08. The van der Waals surface area contributed by atoms with Gasteiger partial charge in [-0.05, 0) is 73.9 Å². The molecule has 1 saturated carbocycles. The van der Waals surface area contributed by atoms with Crippen LogP contribution in [0, 0.1) is 12.8 Å². The number of ether oxygens (including phenoxy) is 1. The topological polar surface area (TPSA) is 58.0 Å². The quantitative estimate of drug-likeness (QED) is 0.555. The van der Waals surface area contributed by atoms with Gasteiger partial charge >= 0.3 is 0 Å². The van der Waals surface area contributed by atoms with Gasteiger partial charge in [0.25, 0.3) is 0 Å². The summed E-state index contributed by atoms with van der Waals surface area (Å²) in [6.07, 6.45) is 6.76. The number of pyridine rings is 1. The average Bonchev–Trinajstić information content (AvgIpc) is 2.57. The van der Waals surface area contributed by atoms with Crippen molar-refractivity contribution in [3.05, 3.63) is 16.2 Å². The molecule has 134 valence electrons. The van der Waals surface area contributed by atoms with Gasteiger partial charge in [0.15, 0.2) is 0 Å². The summed E-state index contributed by atoms with van der Waals surface area (Å²) in [5.41, 5.74) is 1.70. The van der Waals surface area contributed by atoms with Crippen LogP contribution >= 0.6 is 15.9 Å². The first kappa shape index (κ1) is 19.2. The second-order valence-corrected chi connectivity index (χ2v) is 7.36. The Balaban J connectivity index is 1.89. The van der Waals surface area contributed by atoms with Crippen molar-refractivity contribution >= 4 is 28.0 Å². The van der Waals surface area contributed by atoms with Gasteiger partial charge < -0.3 is 14.7 Å². The fraction of sp³-hybridized carbons (Fsp3) is 0.667. The van der Waals surface area contributed by atoms with Crippen LogP contribution < -0.4 is 4.74 Å². The lowest BCUT2D eigenvalue weighted by Gasteiger charge is -2.25. The fourth-order valence-corrected chi connectivity index (χ4v) is 3.20. The Kier molecular flexibility index (Phi) is 7.49. The van der Waals surface area contributed by atoms with Crippen LogP contribution in [0.2, 0.25) is 0 Å². The first-order valence-electron chi connectivity index (χ1n) is 8.72. The van der Waals surface area contributed by atoms with Gasteiger partial charge in [0, 0.05) is 13.6 Å². The molecule has 0 amide bonds. The van der Waals surface area contributed by atoms with Crippen LogP contribution in [0.25, 0.3) is 0 Å². The maximum Gasteiger partial charge on any atom is 0.228 e. The molecule has 0 spiro atoms. The molecule has 1 N–H and O–H groups in total. The van der Waals surface area contributed by atoms with Gasteiger partial charge in [-0.15, -0.1) is 0 Å². The average molecular weight is 398 g/mol. The molecule has 1 aromatic heterocycles. The van der Waals surface area contributed by atoms with Crippen molar-refractivity contribution in [2.45, 2.75) is 52.1 Å². The van der Waals surface area contributed by atoms with E-state index in [1.165, 1.54) is 0 Å². The zero-order chi connectivity index (χ0) is 17.5. The number of nitrogens with zero attached hydrogens (tertiary/aromatic N) is 3. The summed E-state index contributed by atoms with van der Waals surface area (Å²) in [5.74, 6) is 1.29. The van der Waals surface area contributed by atoms with Crippen molar-refractivity contribution in [3.8, 4) is 5.88 Å². The highest BCUT2D eigenvalue weighted by Gasteiger charge is 2.19. The molecule has 0 atom stereocenters. The number of hydrogen-bond donors (Lipinski definition) is 1. The van der Waals surface area contributed by atoms with Crippen molar-refractivity contribution in [1.29, 1.82) is 0 Å². The highest BCUT2D eigenvalue weighted by molar-refractivity contribution is 9.10. The molecule has 24 heavy (non-hydrogen) atoms. The van der Waals surface area contributed by atoms with Gasteiger partial charge in [0.1, 0.15) is 0 Å². The maximum atomic E-state index is 9.56. The fourth-order valence-electron chi connectivity index (χ4n) is 2.78. The van der Waals surface area contributed by atoms with Gasteiger partial charge in [0.05, 0.1) is 34.9 Å². The molecule has 1 heterocycles. The molecular formula is C18H28BrN3O2. The molecule has 0 unspecified atom stereocenters. The number of halogens is 1. The molecule has 0 radical (unpaired) electrons. The van der Waals surface area contributed by atoms with E-state index in [0.29, 0.717) is 18.4 Å². The molecule has 0 aromatic carbocycles. The van der Waals surface area contributed by atoms with Crippen molar-refractivity contribution in [1.82, 2.24) is 9.88 Å². The standard InChI is InChI=1S/C18H28BrN3O2/c1-4-22(3)12-20-17-11-16(19)18(21-13(17)2)24-10-9-14-5-7-15(23)8-6-14/h11-12,14-15,23H,4-10H2,1-3H3/b20-12+/t14-,15+. The Labute approximate surface area is 153 Å². The highest BCUT2D eigenvalue weighted by atomic mass is 79.9. The van der Waals surface area contributed by atoms with E-state index in [9.17, 15) is 5.11 Å². The molecular weight excluding hydrogens is 370 g/mol. The Morgan fingerprint density at radius 1 is 1.42 bits per heavy atom. The van der Waals surface area contributed by atoms with Crippen molar-refractivity contribution < 1.29 is 9.84 Å². The number of hydrogen-bond acceptors (Lipinski definition) is 4. The third-order valence-corrected chi connectivity index (χ3v) is 5.15. The first-order chi connectivity index (χ1) is 11.5. The van der Waals surface area contributed by atoms with Crippen molar-refractivity contribution in [2.24, 2.45) is 10.9 Å². The van der Waals surface area contributed by atoms with Crippen molar-refractivity contribution in [3.63, 3.8) is 0 Å². The Morgan fingerprint density at radius 3 is 2.79 bits per heavy atom. The van der Waals surface area contributed by atoms with E-state index in [-0.39, 0.29) is 6.10 Å². The van der Waals surface area contributed by atoms with E-state index in [2.05, 4.69) is 32.8 Å². The zero-order valence-corrected chi connectivity index (χ0v) is 16.4. The van der Waals surface area contributed by atoms with Crippen LogP contribution in [0.5, 0.6) is 5.88 Å². The summed E-state index contributed by atoms with van der Waals surface area (Å²) in [4.78, 5) is 11.0. The lowest BCUT2D eigenvalue weighted by Crippen LogP contribution is -2.19. The molecule has 0 bridgehead atoms. The van der Waals surface area contributed by atoms with Crippen LogP contribution in [-0.4, -0.2) is 47.6 Å². The third kappa shape index (κ3) is 5.74. The Morgan fingerprint density at radius 2 is 2.12 bits per heavy atom. The summed E-state index contributed by atoms with van der Waals surface area (Å²) in [7, 11) is 1.99. The molecule has 1 aliphatic rings. The lowest BCUT2D eigenvalue weighted by molar-refractivity contribution is 0.101. The molecule has 1 aliphatic carbocycles. The number of aryl methyl sites for hydroxylation is 1. The molecule has 6 heteroatoms. The SMILES string of the molecule is CCN(C)/C=N/c1cc(Br)c(OCC[C@H]2CC[C@@H](O)CC2)nc1C. The zero-order valence-electron chi connectivity index (χ0n) is 14.8. The van der Waals surface area contributed by atoms with Crippen LogP contribution in [-0.2, 0) is 0 Å². The number of aliphatic hydroxyl groups excluding tert-OH is 1. The molecule has 2 rings (SSSR count). The predicted molar refractivity (Wildman–Crippen MR) is 101 cm³/mol. The van der Waals surface area contributed by atoms with E-state index in [0.717, 1.165) is 54.5 Å². The highest BCUT2D eigenvalue weighted by Crippen LogP contribution is 2.31. The van der Waals surface area contributed by atoms with E-state index >= 15 is 0 Å². The van der Waals surface area contributed by atoms with E-state index in [1.54, 1.807) is 0 Å². The minimum atomic E-state index is -0.0968. The number of aromatic nitrogens is 1. The maximum absolute atomic E-state index is 9.56. The van der Waals surface area contributed by atoms with E-state index < -0.39 is 0 Å². The van der Waals surface area contributed by atoms with Crippen molar-refractivity contribution in [2.75, 3.05) is 20.2 Å². The van der Waals surface area contributed by atoms with Gasteiger partial charge in [-0.3, -0.25) is 0 Å². The van der Waals surface area contributed by atoms with Gasteiger partial charge in [-0.25, -0.2) is 9.98 Å². The molecule has 1 fully saturated rings. The number of aliphatic imine (C=N–C) groups is 1. The summed E-state index contributed by atoms with van der Waals surface area (Å²) in [6, 6.07) is 1.95. The summed E-state index contributed by atoms with van der Waals surface area (Å²) in [6.45, 7) is 5.60. The molecule has 1 aromatic rings. The Bertz CT molecular complexity index is 557. The normalized spacial score (nSPS) is 21.2. The van der Waals surface area contributed by atoms with Crippen LogP contribution in [0.1, 0.15) is 44.7 Å². The molecule has 5 nitrogen and oxygen atoms in total. The largest absolute Gasteiger partial charge is 0.477 e. The number of aliphatic hydroxyl groups is 1. The second-order valence-electron chi connectivity index (χ2n) is 6.51. The van der Waals surface area contributed by atoms with Gasteiger partial charge in [0.2, 0.25) is 5.88 Å². The minimum Gasteiger partial charge on any atom is -0.477 e. The van der Waals surface area contributed by atoms with Crippen LogP contribution in [0.4, 0.5) is 5.69 Å². The first-order valence-corrected chi connectivity index (χ1v) is 9.51. The van der Waals surface area contributed by atoms with Gasteiger partial charge in [-0.2, -0.15) is 0 Å². The summed E-state index contributed by atoms with van der Waals surface area (Å²) < 4.78 is 6.70. The van der Waals surface area contributed by atoms with Crippen LogP contribution in [0.15, 0.2) is 15.5 Å². The monoisotopic (exact) mass is 397 g/mol. The van der Waals surface area contributed by atoms with E-state index in [1.807, 2.05) is 31.3 Å². The molecule has 0 aliphatic heterocycles. The van der Waals surface area contributed by atoms with Gasteiger partial charge in [-0.1, -0.05) is 0 Å².